The number of halogens is 1. The average molecular weight is 414 g/mol. The molecule has 1 aromatic heterocycles. The molecule has 0 saturated heterocycles. The van der Waals surface area contributed by atoms with Crippen LogP contribution in [-0.2, 0) is 0 Å². The normalized spacial score (nSPS) is 22.7. The molecule has 1 aromatic carbocycles. The Kier molecular flexibility index (Phi) is 4.73. The van der Waals surface area contributed by atoms with E-state index < -0.39 is 29.2 Å². The van der Waals surface area contributed by atoms with Crippen molar-refractivity contribution >= 4 is 28.3 Å². The molecular formula is C22H27FN4O3. The van der Waals surface area contributed by atoms with Crippen molar-refractivity contribution < 1.29 is 14.3 Å². The lowest BCUT2D eigenvalue weighted by Crippen LogP contribution is -2.35. The number of aromatic carboxylic acids is 1. The quantitative estimate of drug-likeness (QED) is 0.410. The van der Waals surface area contributed by atoms with E-state index in [0.717, 1.165) is 12.8 Å². The highest BCUT2D eigenvalue weighted by Crippen LogP contribution is 2.44. The Bertz CT molecular complexity index is 1140. The first-order valence-electron chi connectivity index (χ1n) is 10.2. The maximum absolute atomic E-state index is 13.9. The van der Waals surface area contributed by atoms with Crippen LogP contribution in [0.15, 0.2) is 17.1 Å². The third-order valence-electron chi connectivity index (χ3n) is 6.92. The van der Waals surface area contributed by atoms with Crippen molar-refractivity contribution in [2.45, 2.75) is 57.3 Å². The largest absolute Gasteiger partial charge is 0.477 e. The van der Waals surface area contributed by atoms with Gasteiger partial charge in [-0.3, -0.25) is 4.79 Å². The lowest BCUT2D eigenvalue weighted by atomic mass is 9.88. The van der Waals surface area contributed by atoms with Crippen LogP contribution in [0.25, 0.3) is 10.9 Å². The van der Waals surface area contributed by atoms with Gasteiger partial charge in [-0.2, -0.15) is 0 Å². The van der Waals surface area contributed by atoms with Gasteiger partial charge in [0.15, 0.2) is 0 Å². The summed E-state index contributed by atoms with van der Waals surface area (Å²) < 4.78 is 15.5. The summed E-state index contributed by atoms with van der Waals surface area (Å²) in [4.78, 5) is 24.4. The zero-order valence-corrected chi connectivity index (χ0v) is 17.4. The molecule has 2 aliphatic rings. The molecule has 8 heteroatoms. The van der Waals surface area contributed by atoms with Crippen LogP contribution in [0.3, 0.4) is 0 Å². The number of aryl methyl sites for hydroxylation is 1. The minimum atomic E-state index is -1.36. The van der Waals surface area contributed by atoms with Crippen molar-refractivity contribution in [2.24, 2.45) is 5.92 Å². The summed E-state index contributed by atoms with van der Waals surface area (Å²) in [5.41, 5.74) is 7.39. The third kappa shape index (κ3) is 3.10. The van der Waals surface area contributed by atoms with Crippen LogP contribution >= 0.6 is 0 Å². The second-order valence-electron chi connectivity index (χ2n) is 8.76. The number of benzene rings is 1. The summed E-state index contributed by atoms with van der Waals surface area (Å²) in [6.07, 6.45) is 3.09. The fourth-order valence-corrected chi connectivity index (χ4v) is 4.65. The van der Waals surface area contributed by atoms with Gasteiger partial charge in [-0.15, -0.1) is 0 Å². The Labute approximate surface area is 173 Å². The van der Waals surface area contributed by atoms with Crippen LogP contribution in [-0.4, -0.2) is 40.1 Å². The van der Waals surface area contributed by atoms with E-state index >= 15 is 0 Å². The van der Waals surface area contributed by atoms with Gasteiger partial charge in [0.05, 0.1) is 16.9 Å². The molecule has 0 amide bonds. The Hall–Kier alpha value is -2.74. The van der Waals surface area contributed by atoms with E-state index in [1.54, 1.807) is 13.0 Å². The van der Waals surface area contributed by atoms with Gasteiger partial charge in [-0.1, -0.05) is 6.92 Å². The topological polar surface area (TPSA) is 121 Å². The van der Waals surface area contributed by atoms with Crippen molar-refractivity contribution in [1.29, 1.82) is 5.41 Å². The zero-order valence-electron chi connectivity index (χ0n) is 17.4. The van der Waals surface area contributed by atoms with Crippen LogP contribution in [0.5, 0.6) is 0 Å². The number of nitrogen functional groups attached to an aromatic ring is 1. The number of hydrogen-bond acceptors (Lipinski definition) is 5. The summed E-state index contributed by atoms with van der Waals surface area (Å²) in [6, 6.07) is 1.06. The summed E-state index contributed by atoms with van der Waals surface area (Å²) in [5.74, 6) is -1.11. The highest BCUT2D eigenvalue weighted by atomic mass is 19.1. The molecule has 5 N–H and O–H groups in total. The molecule has 3 atom stereocenters. The summed E-state index contributed by atoms with van der Waals surface area (Å²) in [6.45, 7) is 3.90. The maximum atomic E-state index is 13.9. The van der Waals surface area contributed by atoms with Gasteiger partial charge in [0.2, 0.25) is 5.43 Å². The Morgan fingerprint density at radius 2 is 2.10 bits per heavy atom. The molecule has 2 saturated carbocycles. The molecule has 2 fully saturated rings. The highest BCUT2D eigenvalue weighted by Gasteiger charge is 2.46. The fraction of sp³-hybridized carbons (Fsp3) is 0.500. The number of carboxylic acid groups (broad SMARTS) is 1. The molecule has 30 heavy (non-hydrogen) atoms. The van der Waals surface area contributed by atoms with Crippen LogP contribution in [0.2, 0.25) is 0 Å². The molecule has 0 unspecified atom stereocenters. The molecule has 2 aromatic rings. The van der Waals surface area contributed by atoms with E-state index in [1.807, 2.05) is 7.05 Å². The molecule has 160 valence electrons. The molecular weight excluding hydrogens is 387 g/mol. The lowest BCUT2D eigenvalue weighted by Gasteiger charge is -2.24. The number of pyridine rings is 1. The van der Waals surface area contributed by atoms with Gasteiger partial charge in [-0.05, 0) is 50.8 Å². The van der Waals surface area contributed by atoms with E-state index in [-0.39, 0.29) is 29.0 Å². The SMILES string of the molecule is CNC1([C@H](C)CC(=N)c2cc(N)c3c(=O)c(C(=O)O)cn([C@H]4C[C@H]4F)c3c2C)CC1. The lowest BCUT2D eigenvalue weighted by molar-refractivity contribution is 0.0694. The number of fused-ring (bicyclic) bond motifs is 1. The first kappa shape index (κ1) is 20.5. The van der Waals surface area contributed by atoms with Crippen molar-refractivity contribution in [3.05, 3.63) is 39.2 Å². The molecule has 4 rings (SSSR count). The van der Waals surface area contributed by atoms with Gasteiger partial charge in [-0.25, -0.2) is 9.18 Å². The van der Waals surface area contributed by atoms with Crippen molar-refractivity contribution in [3.8, 4) is 0 Å². The zero-order chi connectivity index (χ0) is 22.0. The number of carbonyl (C=O) groups is 1. The Morgan fingerprint density at radius 1 is 1.47 bits per heavy atom. The predicted molar refractivity (Wildman–Crippen MR) is 115 cm³/mol. The number of hydrogen-bond donors (Lipinski definition) is 4. The van der Waals surface area contributed by atoms with E-state index in [2.05, 4.69) is 12.2 Å². The molecule has 0 spiro atoms. The standard InChI is InChI=1S/C22H27FN4O3/c1-10(22(26-3)4-5-22)6-15(24)12-7-16(25)18-19(11(12)2)27(17-8-14(17)23)9-13(20(18)28)21(29)30/h7,9-10,14,17,24,26H,4-6,8,25H2,1-3H3,(H,29,30)/t10-,14-,17+/m1/s1. The van der Waals surface area contributed by atoms with Gasteiger partial charge in [0, 0.05) is 35.1 Å². The number of nitrogens with zero attached hydrogens (tertiary/aromatic N) is 1. The summed E-state index contributed by atoms with van der Waals surface area (Å²) >= 11 is 0. The Balaban J connectivity index is 1.86. The second-order valence-corrected chi connectivity index (χ2v) is 8.76. The maximum Gasteiger partial charge on any atom is 0.341 e. The smallest absolute Gasteiger partial charge is 0.341 e. The van der Waals surface area contributed by atoms with Gasteiger partial charge in [0.25, 0.3) is 0 Å². The minimum Gasteiger partial charge on any atom is -0.477 e. The average Bonchev–Trinajstić information content (AvgIpc) is 3.60. The first-order valence-corrected chi connectivity index (χ1v) is 10.2. The highest BCUT2D eigenvalue weighted by molar-refractivity contribution is 6.07. The first-order chi connectivity index (χ1) is 14.1. The molecule has 1 heterocycles. The number of rotatable bonds is 7. The van der Waals surface area contributed by atoms with Gasteiger partial charge >= 0.3 is 5.97 Å². The molecule has 2 aliphatic carbocycles. The predicted octanol–water partition coefficient (Wildman–Crippen LogP) is 3.02. The second kappa shape index (κ2) is 6.91. The molecule has 0 bridgehead atoms. The van der Waals surface area contributed by atoms with E-state index in [9.17, 15) is 19.1 Å². The van der Waals surface area contributed by atoms with Crippen LogP contribution in [0, 0.1) is 18.3 Å². The number of alkyl halides is 1. The molecule has 0 radical (unpaired) electrons. The minimum absolute atomic E-state index is 0.0660. The number of aromatic nitrogens is 1. The fourth-order valence-electron chi connectivity index (χ4n) is 4.65. The summed E-state index contributed by atoms with van der Waals surface area (Å²) in [7, 11) is 1.94. The van der Waals surface area contributed by atoms with Crippen molar-refractivity contribution in [2.75, 3.05) is 12.8 Å². The number of nitrogens with two attached hydrogens (primary N) is 1. The molecule has 0 aliphatic heterocycles. The number of nitrogens with one attached hydrogen (secondary N) is 2. The third-order valence-corrected chi connectivity index (χ3v) is 6.92. The Morgan fingerprint density at radius 3 is 2.60 bits per heavy atom. The monoisotopic (exact) mass is 414 g/mol. The van der Waals surface area contributed by atoms with Crippen LogP contribution < -0.4 is 16.5 Å². The van der Waals surface area contributed by atoms with E-state index in [1.165, 1.54) is 10.8 Å². The molecule has 7 nitrogen and oxygen atoms in total. The van der Waals surface area contributed by atoms with Crippen molar-refractivity contribution in [3.63, 3.8) is 0 Å². The van der Waals surface area contributed by atoms with Gasteiger partial charge in [0.1, 0.15) is 11.7 Å². The number of carboxylic acids is 1. The van der Waals surface area contributed by atoms with Gasteiger partial charge < -0.3 is 26.1 Å². The van der Waals surface area contributed by atoms with Crippen LogP contribution in [0.4, 0.5) is 10.1 Å². The van der Waals surface area contributed by atoms with E-state index in [4.69, 9.17) is 11.1 Å². The van der Waals surface area contributed by atoms with Crippen molar-refractivity contribution in [1.82, 2.24) is 9.88 Å². The summed E-state index contributed by atoms with van der Waals surface area (Å²) in [5, 5.41) is 21.6. The van der Waals surface area contributed by atoms with Crippen LogP contribution in [0.1, 0.15) is 60.1 Å². The number of anilines is 1. The van der Waals surface area contributed by atoms with E-state index in [0.29, 0.717) is 28.8 Å².